The van der Waals surface area contributed by atoms with Gasteiger partial charge < -0.3 is 20.5 Å². The van der Waals surface area contributed by atoms with Gasteiger partial charge in [-0.2, -0.15) is 0 Å². The second-order valence-corrected chi connectivity index (χ2v) is 8.70. The topological polar surface area (TPSA) is 96.4 Å². The average molecular weight is 477 g/mol. The number of aliphatic hydroxyl groups is 1. The summed E-state index contributed by atoms with van der Waals surface area (Å²) in [5.41, 5.74) is 1.14. The Labute approximate surface area is 180 Å². The van der Waals surface area contributed by atoms with Crippen LogP contribution in [0.3, 0.4) is 0 Å². The molecule has 0 bridgehead atoms. The number of halogens is 1. The minimum absolute atomic E-state index is 0.0405. The van der Waals surface area contributed by atoms with E-state index >= 15 is 0 Å². The van der Waals surface area contributed by atoms with Crippen LogP contribution in [0.2, 0.25) is 0 Å². The molecule has 152 valence electrons. The predicted octanol–water partition coefficient (Wildman–Crippen LogP) is 4.32. The number of nitrogens with zero attached hydrogens (tertiary/aromatic N) is 2. The molecule has 3 N–H and O–H groups in total. The molecule has 9 heteroatoms. The molecule has 2 heterocycles. The summed E-state index contributed by atoms with van der Waals surface area (Å²) in [5.74, 6) is 0.874. The number of ether oxygens (including phenoxy) is 1. The van der Waals surface area contributed by atoms with E-state index in [-0.39, 0.29) is 23.7 Å². The number of carbonyl (C=O) groups is 1. The Morgan fingerprint density at radius 1 is 1.31 bits per heavy atom. The predicted molar refractivity (Wildman–Crippen MR) is 117 cm³/mol. The van der Waals surface area contributed by atoms with Crippen molar-refractivity contribution in [3.8, 4) is 11.5 Å². The highest BCUT2D eigenvalue weighted by Gasteiger charge is 2.24. The van der Waals surface area contributed by atoms with Crippen LogP contribution in [-0.2, 0) is 0 Å². The first-order valence-corrected chi connectivity index (χ1v) is 11.1. The first-order valence-electron chi connectivity index (χ1n) is 9.45. The number of benzene rings is 1. The van der Waals surface area contributed by atoms with Crippen LogP contribution in [0.1, 0.15) is 36.2 Å². The molecule has 1 aromatic carbocycles. The molecular formula is C20H21BrN4O3S. The second-order valence-electron chi connectivity index (χ2n) is 6.91. The number of aromatic nitrogens is 2. The number of amides is 1. The number of thiazole rings is 1. The van der Waals surface area contributed by atoms with Gasteiger partial charge in [-0.15, -0.1) is 0 Å². The zero-order valence-corrected chi connectivity index (χ0v) is 18.2. The monoisotopic (exact) mass is 476 g/mol. The summed E-state index contributed by atoms with van der Waals surface area (Å²) in [4.78, 5) is 20.5. The molecule has 1 aliphatic carbocycles. The first kappa shape index (κ1) is 20.1. The van der Waals surface area contributed by atoms with E-state index in [0.29, 0.717) is 11.5 Å². The quantitative estimate of drug-likeness (QED) is 0.507. The van der Waals surface area contributed by atoms with Gasteiger partial charge in [0.05, 0.1) is 26.8 Å². The fraction of sp³-hybridized carbons (Fsp3) is 0.350. The van der Waals surface area contributed by atoms with Crippen LogP contribution in [0, 0.1) is 0 Å². The molecule has 0 spiro atoms. The lowest BCUT2D eigenvalue weighted by atomic mass is 9.93. The number of carbonyl (C=O) groups excluding carboxylic acids is 1. The summed E-state index contributed by atoms with van der Waals surface area (Å²) in [6.45, 7) is 0. The molecule has 1 saturated carbocycles. The van der Waals surface area contributed by atoms with E-state index in [1.54, 1.807) is 19.2 Å². The van der Waals surface area contributed by atoms with Crippen LogP contribution in [-0.4, -0.2) is 40.2 Å². The summed E-state index contributed by atoms with van der Waals surface area (Å²) >= 11 is 5.14. The van der Waals surface area contributed by atoms with E-state index in [1.807, 2.05) is 12.1 Å². The summed E-state index contributed by atoms with van der Waals surface area (Å²) in [7, 11) is 1.56. The fourth-order valence-electron chi connectivity index (χ4n) is 3.37. The molecule has 2 atom stereocenters. The lowest BCUT2D eigenvalue weighted by Crippen LogP contribution is -2.36. The van der Waals surface area contributed by atoms with Gasteiger partial charge in [-0.1, -0.05) is 24.2 Å². The molecule has 0 unspecified atom stereocenters. The van der Waals surface area contributed by atoms with Crippen LogP contribution >= 0.6 is 27.3 Å². The largest absolute Gasteiger partial charge is 0.456 e. The van der Waals surface area contributed by atoms with Gasteiger partial charge in [-0.3, -0.25) is 9.78 Å². The van der Waals surface area contributed by atoms with Crippen LogP contribution in [0.25, 0.3) is 10.2 Å². The highest BCUT2D eigenvalue weighted by Crippen LogP contribution is 2.40. The van der Waals surface area contributed by atoms with Gasteiger partial charge in [0.15, 0.2) is 5.13 Å². The van der Waals surface area contributed by atoms with Gasteiger partial charge in [0.25, 0.3) is 5.91 Å². The lowest BCUT2D eigenvalue weighted by molar-refractivity contribution is 0.0957. The van der Waals surface area contributed by atoms with Gasteiger partial charge in [-0.05, 0) is 47.0 Å². The molecule has 4 rings (SSSR count). The Morgan fingerprint density at radius 2 is 2.14 bits per heavy atom. The summed E-state index contributed by atoms with van der Waals surface area (Å²) in [6.07, 6.45) is 5.17. The second kappa shape index (κ2) is 8.64. The minimum atomic E-state index is -0.334. The fourth-order valence-corrected chi connectivity index (χ4v) is 4.99. The molecule has 0 saturated heterocycles. The molecule has 1 aliphatic rings. The number of pyridine rings is 1. The molecule has 1 fully saturated rings. The molecular weight excluding hydrogens is 456 g/mol. The molecule has 0 radical (unpaired) electrons. The number of nitrogens with one attached hydrogen (secondary N) is 2. The van der Waals surface area contributed by atoms with Crippen molar-refractivity contribution in [3.63, 3.8) is 0 Å². The number of anilines is 1. The number of rotatable bonds is 5. The Kier molecular flexibility index (Phi) is 5.98. The van der Waals surface area contributed by atoms with Crippen molar-refractivity contribution in [2.45, 2.75) is 37.8 Å². The van der Waals surface area contributed by atoms with Crippen molar-refractivity contribution >= 4 is 48.5 Å². The molecule has 29 heavy (non-hydrogen) atoms. The third-order valence-electron chi connectivity index (χ3n) is 4.92. The van der Waals surface area contributed by atoms with Crippen molar-refractivity contribution in [1.82, 2.24) is 15.3 Å². The third kappa shape index (κ3) is 4.36. The van der Waals surface area contributed by atoms with Gasteiger partial charge >= 0.3 is 0 Å². The van der Waals surface area contributed by atoms with Crippen molar-refractivity contribution in [1.29, 1.82) is 0 Å². The molecule has 7 nitrogen and oxygen atoms in total. The zero-order valence-electron chi connectivity index (χ0n) is 15.8. The number of hydrogen-bond acceptors (Lipinski definition) is 7. The van der Waals surface area contributed by atoms with E-state index in [9.17, 15) is 9.90 Å². The smallest absolute Gasteiger partial charge is 0.269 e. The number of fused-ring (bicyclic) bond motifs is 1. The summed E-state index contributed by atoms with van der Waals surface area (Å²) in [6, 6.07) is 7.08. The van der Waals surface area contributed by atoms with Crippen molar-refractivity contribution in [2.75, 3.05) is 12.4 Å². The van der Waals surface area contributed by atoms with Crippen LogP contribution in [0.5, 0.6) is 11.5 Å². The van der Waals surface area contributed by atoms with Gasteiger partial charge in [0.1, 0.15) is 17.2 Å². The third-order valence-corrected chi connectivity index (χ3v) is 6.99. The van der Waals surface area contributed by atoms with Gasteiger partial charge in [0.2, 0.25) is 0 Å². The highest BCUT2D eigenvalue weighted by molar-refractivity contribution is 9.10. The normalized spacial score (nSPS) is 19.1. The molecule has 2 aromatic heterocycles. The Balaban J connectivity index is 1.57. The van der Waals surface area contributed by atoms with E-state index in [0.717, 1.165) is 45.5 Å². The minimum Gasteiger partial charge on any atom is -0.456 e. The molecule has 0 aliphatic heterocycles. The maximum Gasteiger partial charge on any atom is 0.269 e. The van der Waals surface area contributed by atoms with Gasteiger partial charge in [0, 0.05) is 19.3 Å². The number of hydrogen-bond donors (Lipinski definition) is 3. The van der Waals surface area contributed by atoms with Gasteiger partial charge in [-0.25, -0.2) is 4.98 Å². The Hall–Kier alpha value is -2.23. The van der Waals surface area contributed by atoms with Crippen LogP contribution in [0.15, 0.2) is 34.9 Å². The maximum atomic E-state index is 11.8. The van der Waals surface area contributed by atoms with E-state index in [2.05, 4.69) is 36.5 Å². The van der Waals surface area contributed by atoms with E-state index < -0.39 is 0 Å². The SMILES string of the molecule is CNC(=O)c1cc(Oc2ccc3nc(N[C@@H]4CCCC[C@H]4O)sc3c2Br)ccn1. The maximum absolute atomic E-state index is 11.8. The summed E-state index contributed by atoms with van der Waals surface area (Å²) < 4.78 is 7.73. The van der Waals surface area contributed by atoms with Crippen molar-refractivity contribution < 1.29 is 14.6 Å². The lowest BCUT2D eigenvalue weighted by Gasteiger charge is -2.27. The summed E-state index contributed by atoms with van der Waals surface area (Å²) in [5, 5.41) is 16.9. The van der Waals surface area contributed by atoms with Crippen molar-refractivity contribution in [2.24, 2.45) is 0 Å². The number of aliphatic hydroxyl groups excluding tert-OH is 1. The highest BCUT2D eigenvalue weighted by atomic mass is 79.9. The molecule has 1 amide bonds. The van der Waals surface area contributed by atoms with E-state index in [1.165, 1.54) is 17.5 Å². The van der Waals surface area contributed by atoms with Crippen LogP contribution in [0.4, 0.5) is 5.13 Å². The Bertz CT molecular complexity index is 1040. The standard InChI is InChI=1S/C20H21BrN4O3S/c1-22-19(27)14-10-11(8-9-23-14)28-16-7-6-13-18(17(16)21)29-20(25-13)24-12-4-2-3-5-15(12)26/h6-10,12,15,26H,2-5H2,1H3,(H,22,27)(H,24,25)/t12-,15-/m1/s1. The Morgan fingerprint density at radius 3 is 2.93 bits per heavy atom. The molecule has 3 aromatic rings. The average Bonchev–Trinajstić information content (AvgIpc) is 3.15. The van der Waals surface area contributed by atoms with Crippen LogP contribution < -0.4 is 15.4 Å². The first-order chi connectivity index (χ1) is 14.0. The van der Waals surface area contributed by atoms with Crippen molar-refractivity contribution in [3.05, 3.63) is 40.6 Å². The zero-order chi connectivity index (χ0) is 20.4. The van der Waals surface area contributed by atoms with E-state index in [4.69, 9.17) is 4.74 Å².